The van der Waals surface area contributed by atoms with Crippen molar-refractivity contribution in [1.29, 1.82) is 0 Å². The highest BCUT2D eigenvalue weighted by Gasteiger charge is 2.07. The number of methoxy groups -OCH3 is 1. The topological polar surface area (TPSA) is 51.2 Å². The minimum Gasteiger partial charge on any atom is -0.497 e. The summed E-state index contributed by atoms with van der Waals surface area (Å²) in [5.74, 6) is 0.832. The van der Waals surface area contributed by atoms with E-state index >= 15 is 0 Å². The lowest BCUT2D eigenvalue weighted by atomic mass is 10.2. The van der Waals surface area contributed by atoms with Crippen molar-refractivity contribution in [1.82, 2.24) is 10.3 Å². The Bertz CT molecular complexity index is 549. The van der Waals surface area contributed by atoms with Gasteiger partial charge in [-0.1, -0.05) is 12.1 Å². The van der Waals surface area contributed by atoms with Gasteiger partial charge in [0.15, 0.2) is 0 Å². The summed E-state index contributed by atoms with van der Waals surface area (Å²) in [6.07, 6.45) is 0.395. The Hall–Kier alpha value is -1.88. The van der Waals surface area contributed by atoms with Crippen LogP contribution in [0.25, 0.3) is 0 Å². The van der Waals surface area contributed by atoms with Gasteiger partial charge in [-0.2, -0.15) is 0 Å². The molecule has 1 N–H and O–H groups in total. The summed E-state index contributed by atoms with van der Waals surface area (Å²) in [6, 6.07) is 7.65. The molecule has 0 fully saturated rings. The minimum atomic E-state index is 0.0168. The fraction of sp³-hybridized carbons (Fsp3) is 0.286. The Balaban J connectivity index is 1.84. The third-order valence-corrected chi connectivity index (χ3v) is 3.75. The fourth-order valence-corrected chi connectivity index (χ4v) is 2.42. The Labute approximate surface area is 116 Å². The van der Waals surface area contributed by atoms with Crippen molar-refractivity contribution in [2.45, 2.75) is 19.9 Å². The van der Waals surface area contributed by atoms with Crippen LogP contribution in [0.15, 0.2) is 29.8 Å². The predicted molar refractivity (Wildman–Crippen MR) is 75.4 cm³/mol. The highest BCUT2D eigenvalue weighted by atomic mass is 32.1. The van der Waals surface area contributed by atoms with Crippen molar-refractivity contribution in [3.8, 4) is 5.75 Å². The predicted octanol–water partition coefficient (Wildman–Crippen LogP) is 2.32. The molecule has 1 heterocycles. The van der Waals surface area contributed by atoms with Crippen molar-refractivity contribution in [3.05, 3.63) is 45.9 Å². The number of hydrogen-bond donors (Lipinski definition) is 1. The lowest BCUT2D eigenvalue weighted by molar-refractivity contribution is -0.120. The number of nitrogens with zero attached hydrogens (tertiary/aromatic N) is 1. The molecule has 1 amide bonds. The molecular weight excluding hydrogens is 260 g/mol. The van der Waals surface area contributed by atoms with E-state index in [4.69, 9.17) is 4.74 Å². The number of carbonyl (C=O) groups excluding carboxylic acids is 1. The SMILES string of the molecule is COc1ccc(CNC(=O)Cc2scnc2C)cc1. The highest BCUT2D eigenvalue weighted by molar-refractivity contribution is 7.09. The van der Waals surface area contributed by atoms with E-state index in [2.05, 4.69) is 10.3 Å². The molecular formula is C14H16N2O2S. The first kappa shape index (κ1) is 13.5. The summed E-state index contributed by atoms with van der Waals surface area (Å²) in [6.45, 7) is 2.45. The summed E-state index contributed by atoms with van der Waals surface area (Å²) in [7, 11) is 1.63. The number of hydrogen-bond acceptors (Lipinski definition) is 4. The molecule has 5 heteroatoms. The second-order valence-corrected chi connectivity index (χ2v) is 5.10. The van der Waals surface area contributed by atoms with Crippen molar-refractivity contribution in [3.63, 3.8) is 0 Å². The van der Waals surface area contributed by atoms with Crippen molar-refractivity contribution < 1.29 is 9.53 Å². The highest BCUT2D eigenvalue weighted by Crippen LogP contribution is 2.13. The van der Waals surface area contributed by atoms with Crippen LogP contribution in [0.4, 0.5) is 0 Å². The van der Waals surface area contributed by atoms with E-state index in [1.807, 2.05) is 31.2 Å². The van der Waals surface area contributed by atoms with Crippen LogP contribution in [0.3, 0.4) is 0 Å². The van der Waals surface area contributed by atoms with Crippen LogP contribution in [0, 0.1) is 6.92 Å². The van der Waals surface area contributed by atoms with Gasteiger partial charge in [-0.3, -0.25) is 4.79 Å². The molecule has 0 saturated carbocycles. The summed E-state index contributed by atoms with van der Waals surface area (Å²) < 4.78 is 5.09. The van der Waals surface area contributed by atoms with Gasteiger partial charge in [-0.15, -0.1) is 11.3 Å². The molecule has 0 saturated heterocycles. The molecule has 0 unspecified atom stereocenters. The average molecular weight is 276 g/mol. The van der Waals surface area contributed by atoms with Gasteiger partial charge in [0.05, 0.1) is 24.7 Å². The van der Waals surface area contributed by atoms with Crippen LogP contribution >= 0.6 is 11.3 Å². The molecule has 0 aliphatic heterocycles. The maximum Gasteiger partial charge on any atom is 0.225 e. The van der Waals surface area contributed by atoms with Gasteiger partial charge in [0.25, 0.3) is 0 Å². The zero-order valence-electron chi connectivity index (χ0n) is 11.0. The Morgan fingerprint density at radius 3 is 2.68 bits per heavy atom. The number of aromatic nitrogens is 1. The quantitative estimate of drug-likeness (QED) is 0.911. The molecule has 4 nitrogen and oxygen atoms in total. The van der Waals surface area contributed by atoms with Gasteiger partial charge in [-0.05, 0) is 24.6 Å². The summed E-state index contributed by atoms with van der Waals surface area (Å²) in [4.78, 5) is 17.0. The van der Waals surface area contributed by atoms with Crippen molar-refractivity contribution >= 4 is 17.2 Å². The van der Waals surface area contributed by atoms with Gasteiger partial charge in [0.1, 0.15) is 5.75 Å². The summed E-state index contributed by atoms with van der Waals surface area (Å²) in [5, 5.41) is 2.90. The van der Waals surface area contributed by atoms with Crippen LogP contribution in [-0.2, 0) is 17.8 Å². The van der Waals surface area contributed by atoms with Gasteiger partial charge < -0.3 is 10.1 Å². The summed E-state index contributed by atoms with van der Waals surface area (Å²) in [5.41, 5.74) is 3.75. The van der Waals surface area contributed by atoms with E-state index in [1.54, 1.807) is 12.6 Å². The minimum absolute atomic E-state index is 0.0168. The number of aryl methyl sites for hydroxylation is 1. The number of benzene rings is 1. The molecule has 1 aromatic carbocycles. The monoisotopic (exact) mass is 276 g/mol. The lowest BCUT2D eigenvalue weighted by Gasteiger charge is -2.06. The van der Waals surface area contributed by atoms with Crippen LogP contribution in [0.5, 0.6) is 5.75 Å². The van der Waals surface area contributed by atoms with Crippen LogP contribution in [0.1, 0.15) is 16.1 Å². The van der Waals surface area contributed by atoms with Gasteiger partial charge in [0, 0.05) is 11.4 Å². The van der Waals surface area contributed by atoms with Crippen LogP contribution in [0.2, 0.25) is 0 Å². The Morgan fingerprint density at radius 2 is 2.11 bits per heavy atom. The number of rotatable bonds is 5. The zero-order valence-corrected chi connectivity index (χ0v) is 11.8. The van der Waals surface area contributed by atoms with E-state index in [0.717, 1.165) is 21.9 Å². The van der Waals surface area contributed by atoms with E-state index < -0.39 is 0 Å². The van der Waals surface area contributed by atoms with E-state index in [0.29, 0.717) is 13.0 Å². The van der Waals surface area contributed by atoms with Gasteiger partial charge in [-0.25, -0.2) is 4.98 Å². The fourth-order valence-electron chi connectivity index (χ4n) is 1.65. The van der Waals surface area contributed by atoms with Crippen LogP contribution < -0.4 is 10.1 Å². The molecule has 0 spiro atoms. The third kappa shape index (κ3) is 3.79. The van der Waals surface area contributed by atoms with Crippen molar-refractivity contribution in [2.75, 3.05) is 7.11 Å². The number of amides is 1. The molecule has 0 bridgehead atoms. The summed E-state index contributed by atoms with van der Waals surface area (Å²) >= 11 is 1.52. The maximum absolute atomic E-state index is 11.8. The molecule has 100 valence electrons. The maximum atomic E-state index is 11.8. The number of carbonyl (C=O) groups is 1. The zero-order chi connectivity index (χ0) is 13.7. The second-order valence-electron chi connectivity index (χ2n) is 4.16. The normalized spacial score (nSPS) is 10.2. The standard InChI is InChI=1S/C14H16N2O2S/c1-10-13(19-9-16-10)7-14(17)15-8-11-3-5-12(18-2)6-4-11/h3-6,9H,7-8H2,1-2H3,(H,15,17). The smallest absolute Gasteiger partial charge is 0.225 e. The molecule has 19 heavy (non-hydrogen) atoms. The first-order chi connectivity index (χ1) is 9.19. The van der Waals surface area contributed by atoms with E-state index in [-0.39, 0.29) is 5.91 Å². The molecule has 2 aromatic rings. The molecule has 0 atom stereocenters. The van der Waals surface area contributed by atoms with E-state index in [9.17, 15) is 4.79 Å². The van der Waals surface area contributed by atoms with Gasteiger partial charge >= 0.3 is 0 Å². The molecule has 0 aliphatic rings. The second kappa shape index (κ2) is 6.33. The number of ether oxygens (including phenoxy) is 1. The first-order valence-corrected chi connectivity index (χ1v) is 6.85. The van der Waals surface area contributed by atoms with Crippen molar-refractivity contribution in [2.24, 2.45) is 0 Å². The third-order valence-electron chi connectivity index (χ3n) is 2.81. The largest absolute Gasteiger partial charge is 0.497 e. The molecule has 0 aliphatic carbocycles. The molecule has 0 radical (unpaired) electrons. The lowest BCUT2D eigenvalue weighted by Crippen LogP contribution is -2.24. The van der Waals surface area contributed by atoms with Crippen LogP contribution in [-0.4, -0.2) is 18.0 Å². The Kier molecular flexibility index (Phi) is 4.52. The van der Waals surface area contributed by atoms with E-state index in [1.165, 1.54) is 11.3 Å². The number of thiazole rings is 1. The van der Waals surface area contributed by atoms with Gasteiger partial charge in [0.2, 0.25) is 5.91 Å². The molecule has 2 rings (SSSR count). The Morgan fingerprint density at radius 1 is 1.37 bits per heavy atom. The average Bonchev–Trinajstić information content (AvgIpc) is 2.82. The molecule has 1 aromatic heterocycles. The number of nitrogens with one attached hydrogen (secondary N) is 1. The first-order valence-electron chi connectivity index (χ1n) is 5.97.